The first-order chi connectivity index (χ1) is 11.8. The van der Waals surface area contributed by atoms with Crippen LogP contribution in [0.2, 0.25) is 0 Å². The van der Waals surface area contributed by atoms with Crippen LogP contribution in [-0.2, 0) is 17.6 Å². The number of nitrogens with zero attached hydrogens (tertiary/aromatic N) is 1. The molecule has 1 aromatic heterocycles. The monoisotopic (exact) mass is 311 g/mol. The Morgan fingerprint density at radius 3 is 2.29 bits per heavy atom. The molecule has 0 aliphatic rings. The minimum atomic E-state index is 0.188. The molecular weight excluding hydrogens is 294 g/mol. The van der Waals surface area contributed by atoms with Crippen LogP contribution in [0.4, 0.5) is 0 Å². The molecule has 2 nitrogen and oxygen atoms in total. The number of hydrogen-bond donors (Lipinski definition) is 0. The molecule has 0 unspecified atom stereocenters. The highest BCUT2D eigenvalue weighted by Crippen LogP contribution is 2.17. The molecule has 0 N–H and O–H groups in total. The summed E-state index contributed by atoms with van der Waals surface area (Å²) in [6.45, 7) is 0. The fourth-order valence-corrected chi connectivity index (χ4v) is 3.05. The molecule has 0 saturated heterocycles. The first-order valence-electron chi connectivity index (χ1n) is 8.12. The quantitative estimate of drug-likeness (QED) is 0.545. The topological polar surface area (TPSA) is 30.0 Å². The van der Waals surface area contributed by atoms with Crippen molar-refractivity contribution in [3.63, 3.8) is 0 Å². The maximum absolute atomic E-state index is 12.4. The molecule has 0 bridgehead atoms. The van der Waals surface area contributed by atoms with E-state index < -0.39 is 0 Å². The molecule has 4 rings (SSSR count). The van der Waals surface area contributed by atoms with E-state index >= 15 is 0 Å². The Morgan fingerprint density at radius 2 is 1.42 bits per heavy atom. The summed E-state index contributed by atoms with van der Waals surface area (Å²) in [5.74, 6) is 0.188. The Morgan fingerprint density at radius 1 is 0.708 bits per heavy atom. The molecule has 0 fully saturated rings. The van der Waals surface area contributed by atoms with Gasteiger partial charge in [0.2, 0.25) is 0 Å². The van der Waals surface area contributed by atoms with Gasteiger partial charge in [0.15, 0.2) is 0 Å². The minimum Gasteiger partial charge on any atom is -0.299 e. The molecule has 1 heterocycles. The van der Waals surface area contributed by atoms with Gasteiger partial charge >= 0.3 is 0 Å². The van der Waals surface area contributed by atoms with Crippen molar-refractivity contribution < 1.29 is 4.79 Å². The van der Waals surface area contributed by atoms with Crippen molar-refractivity contribution in [1.82, 2.24) is 4.98 Å². The van der Waals surface area contributed by atoms with Gasteiger partial charge in [0, 0.05) is 23.9 Å². The molecule has 4 aromatic rings. The Labute approximate surface area is 140 Å². The molecular formula is C22H17NO. The van der Waals surface area contributed by atoms with Crippen LogP contribution in [0.1, 0.15) is 11.3 Å². The second-order valence-electron chi connectivity index (χ2n) is 6.07. The zero-order chi connectivity index (χ0) is 16.4. The average molecular weight is 311 g/mol. The summed E-state index contributed by atoms with van der Waals surface area (Å²) in [5, 5.41) is 3.47. The van der Waals surface area contributed by atoms with E-state index in [2.05, 4.69) is 29.2 Å². The van der Waals surface area contributed by atoms with E-state index in [1.165, 1.54) is 10.8 Å². The van der Waals surface area contributed by atoms with Gasteiger partial charge in [0.05, 0.1) is 5.52 Å². The highest BCUT2D eigenvalue weighted by molar-refractivity contribution is 5.87. The van der Waals surface area contributed by atoms with Gasteiger partial charge in [-0.05, 0) is 28.5 Å². The lowest BCUT2D eigenvalue weighted by Gasteiger charge is -2.05. The maximum Gasteiger partial charge on any atom is 0.143 e. The van der Waals surface area contributed by atoms with E-state index in [9.17, 15) is 4.79 Å². The van der Waals surface area contributed by atoms with E-state index in [0.717, 1.165) is 22.2 Å². The summed E-state index contributed by atoms with van der Waals surface area (Å²) in [5.41, 5.74) is 2.83. The van der Waals surface area contributed by atoms with Crippen molar-refractivity contribution >= 4 is 27.5 Å². The first kappa shape index (κ1) is 14.6. The number of rotatable bonds is 4. The van der Waals surface area contributed by atoms with E-state index in [1.807, 2.05) is 54.6 Å². The van der Waals surface area contributed by atoms with E-state index in [0.29, 0.717) is 12.8 Å². The van der Waals surface area contributed by atoms with Crippen molar-refractivity contribution in [2.75, 3.05) is 0 Å². The molecule has 24 heavy (non-hydrogen) atoms. The van der Waals surface area contributed by atoms with Crippen LogP contribution in [0.3, 0.4) is 0 Å². The number of Topliss-reactive ketones (excluding diaryl/α,β-unsaturated/α-hetero) is 1. The molecule has 0 amide bonds. The van der Waals surface area contributed by atoms with Crippen molar-refractivity contribution in [3.8, 4) is 0 Å². The van der Waals surface area contributed by atoms with Gasteiger partial charge in [-0.15, -0.1) is 0 Å². The number of hydrogen-bond acceptors (Lipinski definition) is 2. The predicted octanol–water partition coefficient (Wildman–Crippen LogP) is 4.74. The third kappa shape index (κ3) is 3.04. The number of ketones is 1. The van der Waals surface area contributed by atoms with E-state index in [1.54, 1.807) is 0 Å². The van der Waals surface area contributed by atoms with E-state index in [-0.39, 0.29) is 5.78 Å². The normalized spacial score (nSPS) is 11.0. The summed E-state index contributed by atoms with van der Waals surface area (Å²) in [4.78, 5) is 17.0. The summed E-state index contributed by atoms with van der Waals surface area (Å²) < 4.78 is 0. The lowest BCUT2D eigenvalue weighted by atomic mass is 10.0. The number of aromatic nitrogens is 1. The van der Waals surface area contributed by atoms with Gasteiger partial charge in [-0.2, -0.15) is 0 Å². The van der Waals surface area contributed by atoms with Crippen LogP contribution >= 0.6 is 0 Å². The maximum atomic E-state index is 12.4. The van der Waals surface area contributed by atoms with Gasteiger partial charge in [-0.25, -0.2) is 0 Å². The molecule has 0 radical (unpaired) electrons. The smallest absolute Gasteiger partial charge is 0.143 e. The predicted molar refractivity (Wildman–Crippen MR) is 98.1 cm³/mol. The SMILES string of the molecule is O=C(Cc1ccc2ccccc2c1)Cc1ccc2ccccc2n1. The Kier molecular flexibility index (Phi) is 3.80. The van der Waals surface area contributed by atoms with Crippen molar-refractivity contribution in [2.24, 2.45) is 0 Å². The van der Waals surface area contributed by atoms with Crippen molar-refractivity contribution in [3.05, 3.63) is 90.1 Å². The number of benzene rings is 3. The van der Waals surface area contributed by atoms with Gasteiger partial charge in [0.25, 0.3) is 0 Å². The Bertz CT molecular complexity index is 953. The van der Waals surface area contributed by atoms with Gasteiger partial charge < -0.3 is 0 Å². The molecule has 3 aromatic carbocycles. The zero-order valence-corrected chi connectivity index (χ0v) is 13.3. The lowest BCUT2D eigenvalue weighted by Crippen LogP contribution is -2.07. The largest absolute Gasteiger partial charge is 0.299 e. The van der Waals surface area contributed by atoms with Crippen molar-refractivity contribution in [1.29, 1.82) is 0 Å². The summed E-state index contributed by atoms with van der Waals surface area (Å²) in [6, 6.07) is 26.4. The number of para-hydroxylation sites is 1. The zero-order valence-electron chi connectivity index (χ0n) is 13.3. The average Bonchev–Trinajstić information content (AvgIpc) is 2.61. The summed E-state index contributed by atoms with van der Waals surface area (Å²) in [6.07, 6.45) is 0.816. The van der Waals surface area contributed by atoms with E-state index in [4.69, 9.17) is 0 Å². The highest BCUT2D eigenvalue weighted by Gasteiger charge is 2.08. The molecule has 2 heteroatoms. The van der Waals surface area contributed by atoms with Crippen molar-refractivity contribution in [2.45, 2.75) is 12.8 Å². The molecule has 0 spiro atoms. The second kappa shape index (κ2) is 6.25. The lowest BCUT2D eigenvalue weighted by molar-refractivity contribution is -0.117. The summed E-state index contributed by atoms with van der Waals surface area (Å²) >= 11 is 0. The summed E-state index contributed by atoms with van der Waals surface area (Å²) in [7, 11) is 0. The molecule has 0 aliphatic carbocycles. The number of fused-ring (bicyclic) bond motifs is 2. The number of carbonyl (C=O) groups excluding carboxylic acids is 1. The van der Waals surface area contributed by atoms with Gasteiger partial charge in [-0.1, -0.05) is 66.7 Å². The highest BCUT2D eigenvalue weighted by atomic mass is 16.1. The number of carbonyl (C=O) groups is 1. The molecule has 0 saturated carbocycles. The first-order valence-corrected chi connectivity index (χ1v) is 8.12. The van der Waals surface area contributed by atoms with Crippen LogP contribution < -0.4 is 0 Å². The Balaban J connectivity index is 1.52. The van der Waals surface area contributed by atoms with Crippen LogP contribution in [-0.4, -0.2) is 10.8 Å². The Hall–Kier alpha value is -3.00. The third-order valence-electron chi connectivity index (χ3n) is 4.25. The van der Waals surface area contributed by atoms with Crippen LogP contribution in [0.25, 0.3) is 21.7 Å². The van der Waals surface area contributed by atoms with Gasteiger partial charge in [-0.3, -0.25) is 9.78 Å². The van der Waals surface area contributed by atoms with Crippen LogP contribution in [0.5, 0.6) is 0 Å². The standard InChI is InChI=1S/C22H17NO/c24-21(14-16-9-10-17-5-1-2-7-19(17)13-16)15-20-12-11-18-6-3-4-8-22(18)23-20/h1-13H,14-15H2. The molecule has 0 atom stereocenters. The fraction of sp³-hybridized carbons (Fsp3) is 0.0909. The second-order valence-corrected chi connectivity index (χ2v) is 6.07. The van der Waals surface area contributed by atoms with Crippen LogP contribution in [0.15, 0.2) is 78.9 Å². The fourth-order valence-electron chi connectivity index (χ4n) is 3.05. The molecule has 0 aliphatic heterocycles. The third-order valence-corrected chi connectivity index (χ3v) is 4.25. The van der Waals surface area contributed by atoms with Crippen LogP contribution in [0, 0.1) is 0 Å². The minimum absolute atomic E-state index is 0.188. The number of pyridine rings is 1. The van der Waals surface area contributed by atoms with Gasteiger partial charge in [0.1, 0.15) is 5.78 Å². The molecule has 116 valence electrons.